The fourth-order valence-corrected chi connectivity index (χ4v) is 3.64. The van der Waals surface area contributed by atoms with Crippen molar-refractivity contribution in [2.24, 2.45) is 5.73 Å². The van der Waals surface area contributed by atoms with Crippen molar-refractivity contribution in [2.75, 3.05) is 26.4 Å². The molecule has 1 unspecified atom stereocenters. The molecule has 1 aliphatic heterocycles. The van der Waals surface area contributed by atoms with Gasteiger partial charge in [0.2, 0.25) is 0 Å². The summed E-state index contributed by atoms with van der Waals surface area (Å²) in [7, 11) is 4.32. The van der Waals surface area contributed by atoms with Crippen LogP contribution in [0.2, 0.25) is 0 Å². The molecule has 100 valence electrons. The maximum absolute atomic E-state index is 5.64. The van der Waals surface area contributed by atoms with E-state index < -0.39 is 0 Å². The fourth-order valence-electron chi connectivity index (χ4n) is 2.62. The molecule has 0 saturated heterocycles. The van der Waals surface area contributed by atoms with Crippen molar-refractivity contribution in [2.45, 2.75) is 36.6 Å². The Hall–Kier alpha value is -0.510. The smallest absolute Gasteiger partial charge is 0.0342 e. The molecule has 18 heavy (non-hydrogen) atoms. The molecule has 0 bridgehead atoms. The number of hydrogen-bond acceptors (Lipinski definition) is 3. The van der Waals surface area contributed by atoms with E-state index in [9.17, 15) is 0 Å². The Labute approximate surface area is 115 Å². The maximum atomic E-state index is 5.64. The number of aryl methyl sites for hydroxylation is 1. The van der Waals surface area contributed by atoms with Gasteiger partial charge in [0, 0.05) is 10.9 Å². The van der Waals surface area contributed by atoms with Crippen LogP contribution in [0.4, 0.5) is 0 Å². The van der Waals surface area contributed by atoms with Gasteiger partial charge < -0.3 is 10.6 Å². The van der Waals surface area contributed by atoms with Gasteiger partial charge >= 0.3 is 0 Å². The zero-order valence-electron chi connectivity index (χ0n) is 11.5. The molecule has 0 aliphatic carbocycles. The Bertz CT molecular complexity index is 390. The van der Waals surface area contributed by atoms with E-state index >= 15 is 0 Å². The third-order valence-corrected chi connectivity index (χ3v) is 4.82. The second kappa shape index (κ2) is 6.60. The molecule has 1 aromatic carbocycles. The van der Waals surface area contributed by atoms with Crippen LogP contribution in [-0.2, 0) is 6.42 Å². The van der Waals surface area contributed by atoms with Crippen LogP contribution in [0, 0.1) is 0 Å². The highest BCUT2D eigenvalue weighted by atomic mass is 32.2. The Morgan fingerprint density at radius 3 is 2.94 bits per heavy atom. The molecule has 0 saturated carbocycles. The molecule has 0 spiro atoms. The van der Waals surface area contributed by atoms with E-state index in [0.717, 1.165) is 19.4 Å². The van der Waals surface area contributed by atoms with Gasteiger partial charge in [-0.2, -0.15) is 0 Å². The van der Waals surface area contributed by atoms with Gasteiger partial charge in [-0.15, -0.1) is 11.8 Å². The van der Waals surface area contributed by atoms with Crippen LogP contribution in [0.25, 0.3) is 0 Å². The first kappa shape index (κ1) is 13.9. The van der Waals surface area contributed by atoms with Crippen LogP contribution in [0.5, 0.6) is 0 Å². The van der Waals surface area contributed by atoms with Gasteiger partial charge in [0.05, 0.1) is 0 Å². The number of nitrogens with zero attached hydrogens (tertiary/aromatic N) is 1. The molecule has 2 nitrogen and oxygen atoms in total. The molecule has 3 heteroatoms. The van der Waals surface area contributed by atoms with Crippen LogP contribution >= 0.6 is 11.8 Å². The second-order valence-corrected chi connectivity index (χ2v) is 6.37. The molecule has 0 aromatic heterocycles. The third kappa shape index (κ3) is 3.28. The van der Waals surface area contributed by atoms with Gasteiger partial charge in [0.1, 0.15) is 0 Å². The Kier molecular flexibility index (Phi) is 5.10. The summed E-state index contributed by atoms with van der Waals surface area (Å²) in [6.45, 7) is 0.783. The lowest BCUT2D eigenvalue weighted by molar-refractivity contribution is 0.280. The van der Waals surface area contributed by atoms with Gasteiger partial charge in [0.15, 0.2) is 0 Å². The minimum Gasteiger partial charge on any atom is -0.330 e. The highest BCUT2D eigenvalue weighted by molar-refractivity contribution is 7.99. The summed E-state index contributed by atoms with van der Waals surface area (Å²) < 4.78 is 0. The van der Waals surface area contributed by atoms with Crippen molar-refractivity contribution < 1.29 is 0 Å². The lowest BCUT2D eigenvalue weighted by atomic mass is 9.97. The first-order chi connectivity index (χ1) is 8.72. The van der Waals surface area contributed by atoms with E-state index in [2.05, 4.69) is 37.2 Å². The van der Waals surface area contributed by atoms with Crippen molar-refractivity contribution in [1.29, 1.82) is 0 Å². The molecule has 1 heterocycles. The predicted molar refractivity (Wildman–Crippen MR) is 80.2 cm³/mol. The lowest BCUT2D eigenvalue weighted by Crippen LogP contribution is -2.21. The minimum atomic E-state index is 0.505. The Balaban J connectivity index is 2.19. The zero-order valence-corrected chi connectivity index (χ0v) is 12.3. The molecule has 0 radical (unpaired) electrons. The first-order valence-electron chi connectivity index (χ1n) is 6.84. The van der Waals surface area contributed by atoms with Crippen LogP contribution in [0.3, 0.4) is 0 Å². The SMILES string of the molecule is CN(C)C(CCCN)c1ccc2c(c1)CCCS2. The van der Waals surface area contributed by atoms with Crippen LogP contribution in [0.15, 0.2) is 23.1 Å². The molecule has 2 rings (SSSR count). The minimum absolute atomic E-state index is 0.505. The van der Waals surface area contributed by atoms with Gasteiger partial charge in [-0.3, -0.25) is 0 Å². The summed E-state index contributed by atoms with van der Waals surface area (Å²) in [6, 6.07) is 7.54. The van der Waals surface area contributed by atoms with Crippen molar-refractivity contribution in [3.63, 3.8) is 0 Å². The molecule has 0 fully saturated rings. The molecule has 1 aromatic rings. The molecule has 1 aliphatic rings. The number of hydrogen-bond donors (Lipinski definition) is 1. The topological polar surface area (TPSA) is 29.3 Å². The average molecular weight is 264 g/mol. The third-order valence-electron chi connectivity index (χ3n) is 3.62. The second-order valence-electron chi connectivity index (χ2n) is 5.23. The monoisotopic (exact) mass is 264 g/mol. The van der Waals surface area contributed by atoms with Crippen molar-refractivity contribution >= 4 is 11.8 Å². The number of benzene rings is 1. The number of thioether (sulfide) groups is 1. The molecular weight excluding hydrogens is 240 g/mol. The number of fused-ring (bicyclic) bond motifs is 1. The van der Waals surface area contributed by atoms with Gasteiger partial charge in [-0.1, -0.05) is 12.1 Å². The van der Waals surface area contributed by atoms with Crippen LogP contribution in [0.1, 0.15) is 36.4 Å². The fraction of sp³-hybridized carbons (Fsp3) is 0.600. The van der Waals surface area contributed by atoms with E-state index in [-0.39, 0.29) is 0 Å². The highest BCUT2D eigenvalue weighted by Crippen LogP contribution is 2.33. The Morgan fingerprint density at radius 1 is 1.39 bits per heavy atom. The summed E-state index contributed by atoms with van der Waals surface area (Å²) >= 11 is 2.00. The summed E-state index contributed by atoms with van der Waals surface area (Å²) in [6.07, 6.45) is 4.80. The number of rotatable bonds is 5. The quantitative estimate of drug-likeness (QED) is 0.886. The maximum Gasteiger partial charge on any atom is 0.0342 e. The summed E-state index contributed by atoms with van der Waals surface area (Å²) in [5, 5.41) is 0. The van der Waals surface area contributed by atoms with Gasteiger partial charge in [-0.25, -0.2) is 0 Å². The number of nitrogens with two attached hydrogens (primary N) is 1. The van der Waals surface area contributed by atoms with Crippen molar-refractivity contribution in [1.82, 2.24) is 4.90 Å². The molecular formula is C15H24N2S. The van der Waals surface area contributed by atoms with E-state index in [1.807, 2.05) is 11.8 Å². The predicted octanol–water partition coefficient (Wildman–Crippen LogP) is 3.07. The largest absolute Gasteiger partial charge is 0.330 e. The van der Waals surface area contributed by atoms with Gasteiger partial charge in [-0.05, 0) is 69.3 Å². The van der Waals surface area contributed by atoms with Crippen molar-refractivity contribution in [3.05, 3.63) is 29.3 Å². The van der Waals surface area contributed by atoms with Crippen molar-refractivity contribution in [3.8, 4) is 0 Å². The summed E-state index contributed by atoms with van der Waals surface area (Å²) in [5.41, 5.74) is 8.64. The van der Waals surface area contributed by atoms with E-state index in [0.29, 0.717) is 6.04 Å². The molecule has 0 amide bonds. The van der Waals surface area contributed by atoms with E-state index in [4.69, 9.17) is 5.73 Å². The van der Waals surface area contributed by atoms with E-state index in [1.165, 1.54) is 29.1 Å². The molecule has 2 N–H and O–H groups in total. The highest BCUT2D eigenvalue weighted by Gasteiger charge is 2.16. The van der Waals surface area contributed by atoms with Crippen LogP contribution < -0.4 is 5.73 Å². The average Bonchev–Trinajstić information content (AvgIpc) is 2.38. The zero-order chi connectivity index (χ0) is 13.0. The van der Waals surface area contributed by atoms with Crippen LogP contribution in [-0.4, -0.2) is 31.3 Å². The molecule has 1 atom stereocenters. The summed E-state index contributed by atoms with van der Waals surface area (Å²) in [5.74, 6) is 1.27. The normalized spacial score (nSPS) is 16.7. The summed E-state index contributed by atoms with van der Waals surface area (Å²) in [4.78, 5) is 3.80. The van der Waals surface area contributed by atoms with Gasteiger partial charge in [0.25, 0.3) is 0 Å². The van der Waals surface area contributed by atoms with E-state index in [1.54, 1.807) is 5.56 Å². The first-order valence-corrected chi connectivity index (χ1v) is 7.83. The Morgan fingerprint density at radius 2 is 2.22 bits per heavy atom. The lowest BCUT2D eigenvalue weighted by Gasteiger charge is -2.26. The standard InChI is InChI=1S/C15H24N2S/c1-17(2)14(6-3-9-16)12-7-8-15-13(11-12)5-4-10-18-15/h7-8,11,14H,3-6,9-10,16H2,1-2H3.